The van der Waals surface area contributed by atoms with Crippen molar-refractivity contribution >= 4 is 11.6 Å². The standard InChI is InChI=1S/C10H20ClNO/c11-5-1-2-6-12-7-3-10(9-12)4-8-13/h10,13H,1-9H2. The van der Waals surface area contributed by atoms with E-state index in [0.717, 1.165) is 24.6 Å². The molecule has 2 nitrogen and oxygen atoms in total. The van der Waals surface area contributed by atoms with E-state index in [4.69, 9.17) is 16.7 Å². The molecule has 0 aromatic rings. The molecule has 1 atom stereocenters. The number of rotatable bonds is 6. The molecule has 1 aliphatic heterocycles. The molecule has 0 spiro atoms. The van der Waals surface area contributed by atoms with Gasteiger partial charge in [0, 0.05) is 19.0 Å². The lowest BCUT2D eigenvalue weighted by Gasteiger charge is -2.14. The smallest absolute Gasteiger partial charge is 0.0434 e. The largest absolute Gasteiger partial charge is 0.396 e. The van der Waals surface area contributed by atoms with E-state index in [2.05, 4.69) is 4.90 Å². The number of aliphatic hydroxyl groups is 1. The fourth-order valence-corrected chi connectivity index (χ4v) is 2.15. The van der Waals surface area contributed by atoms with Crippen molar-refractivity contribution in [1.82, 2.24) is 4.90 Å². The topological polar surface area (TPSA) is 23.5 Å². The highest BCUT2D eigenvalue weighted by molar-refractivity contribution is 6.17. The fraction of sp³-hybridized carbons (Fsp3) is 1.00. The van der Waals surface area contributed by atoms with Crippen LogP contribution >= 0.6 is 11.6 Å². The molecule has 0 radical (unpaired) electrons. The number of halogens is 1. The predicted octanol–water partition coefficient (Wildman–Crippen LogP) is 1.71. The molecule has 3 heteroatoms. The highest BCUT2D eigenvalue weighted by Gasteiger charge is 2.20. The summed E-state index contributed by atoms with van der Waals surface area (Å²) in [6.07, 6.45) is 4.59. The van der Waals surface area contributed by atoms with Crippen LogP contribution in [0.2, 0.25) is 0 Å². The zero-order valence-corrected chi connectivity index (χ0v) is 8.97. The van der Waals surface area contributed by atoms with Crippen molar-refractivity contribution in [2.45, 2.75) is 25.7 Å². The third-order valence-corrected chi connectivity index (χ3v) is 3.03. The van der Waals surface area contributed by atoms with Gasteiger partial charge >= 0.3 is 0 Å². The van der Waals surface area contributed by atoms with Gasteiger partial charge in [-0.1, -0.05) is 0 Å². The third kappa shape index (κ3) is 4.30. The molecule has 78 valence electrons. The van der Waals surface area contributed by atoms with Crippen LogP contribution in [0.4, 0.5) is 0 Å². The van der Waals surface area contributed by atoms with Crippen LogP contribution in [0.1, 0.15) is 25.7 Å². The second kappa shape index (κ2) is 6.63. The normalized spacial score (nSPS) is 24.0. The lowest BCUT2D eigenvalue weighted by molar-refractivity contribution is 0.250. The molecule has 0 aromatic heterocycles. The lowest BCUT2D eigenvalue weighted by atomic mass is 10.1. The minimum atomic E-state index is 0.347. The summed E-state index contributed by atoms with van der Waals surface area (Å²) in [6.45, 7) is 3.94. The molecule has 1 rings (SSSR count). The van der Waals surface area contributed by atoms with Crippen LogP contribution in [0.3, 0.4) is 0 Å². The van der Waals surface area contributed by atoms with Gasteiger partial charge in [0.1, 0.15) is 0 Å². The molecule has 1 fully saturated rings. The Labute approximate surface area is 85.9 Å². The maximum atomic E-state index is 8.79. The number of likely N-dealkylation sites (tertiary alicyclic amines) is 1. The first kappa shape index (κ1) is 11.3. The molecule has 1 saturated heterocycles. The van der Waals surface area contributed by atoms with Crippen LogP contribution < -0.4 is 0 Å². The monoisotopic (exact) mass is 205 g/mol. The van der Waals surface area contributed by atoms with Crippen molar-refractivity contribution in [3.05, 3.63) is 0 Å². The molecule has 1 aliphatic rings. The van der Waals surface area contributed by atoms with Crippen LogP contribution in [0, 0.1) is 5.92 Å². The van der Waals surface area contributed by atoms with E-state index in [0.29, 0.717) is 6.61 Å². The fourth-order valence-electron chi connectivity index (χ4n) is 1.96. The van der Waals surface area contributed by atoms with Gasteiger partial charge in [-0.3, -0.25) is 0 Å². The molecule has 1 unspecified atom stereocenters. The molecule has 0 aromatic carbocycles. The van der Waals surface area contributed by atoms with E-state index >= 15 is 0 Å². The van der Waals surface area contributed by atoms with E-state index in [9.17, 15) is 0 Å². The van der Waals surface area contributed by atoms with E-state index in [1.165, 1.54) is 32.5 Å². The van der Waals surface area contributed by atoms with Gasteiger partial charge in [0.25, 0.3) is 0 Å². The molecule has 13 heavy (non-hydrogen) atoms. The van der Waals surface area contributed by atoms with Crippen molar-refractivity contribution in [2.75, 3.05) is 32.1 Å². The van der Waals surface area contributed by atoms with E-state index in [-0.39, 0.29) is 0 Å². The quantitative estimate of drug-likeness (QED) is 0.527. The minimum absolute atomic E-state index is 0.347. The van der Waals surface area contributed by atoms with Crippen molar-refractivity contribution in [1.29, 1.82) is 0 Å². The Kier molecular flexibility index (Phi) is 5.76. The zero-order valence-electron chi connectivity index (χ0n) is 8.21. The van der Waals surface area contributed by atoms with E-state index in [1.807, 2.05) is 0 Å². The molecule has 0 aliphatic carbocycles. The SMILES string of the molecule is OCCC1CCN(CCCCCl)C1. The number of hydrogen-bond donors (Lipinski definition) is 1. The summed E-state index contributed by atoms with van der Waals surface area (Å²) >= 11 is 5.61. The second-order valence-corrected chi connectivity index (χ2v) is 4.24. The Hall–Kier alpha value is 0.210. The number of hydrogen-bond acceptors (Lipinski definition) is 2. The average molecular weight is 206 g/mol. The van der Waals surface area contributed by atoms with Gasteiger partial charge in [0.2, 0.25) is 0 Å². The summed E-state index contributed by atoms with van der Waals surface area (Å²) in [5.74, 6) is 1.52. The summed E-state index contributed by atoms with van der Waals surface area (Å²) < 4.78 is 0. The summed E-state index contributed by atoms with van der Waals surface area (Å²) in [4.78, 5) is 2.49. The van der Waals surface area contributed by atoms with Crippen molar-refractivity contribution < 1.29 is 5.11 Å². The Balaban J connectivity index is 2.03. The average Bonchev–Trinajstić information content (AvgIpc) is 2.54. The number of unbranched alkanes of at least 4 members (excludes halogenated alkanes) is 1. The summed E-state index contributed by atoms with van der Waals surface area (Å²) in [5, 5.41) is 8.79. The number of aliphatic hydroxyl groups excluding tert-OH is 1. The predicted molar refractivity (Wildman–Crippen MR) is 56.2 cm³/mol. The molecule has 0 saturated carbocycles. The third-order valence-electron chi connectivity index (χ3n) is 2.77. The first-order valence-electron chi connectivity index (χ1n) is 5.26. The molecule has 0 amide bonds. The van der Waals surface area contributed by atoms with Gasteiger partial charge in [-0.15, -0.1) is 11.6 Å². The van der Waals surface area contributed by atoms with E-state index in [1.54, 1.807) is 0 Å². The maximum Gasteiger partial charge on any atom is 0.0434 e. The maximum absolute atomic E-state index is 8.79. The second-order valence-electron chi connectivity index (χ2n) is 3.86. The van der Waals surface area contributed by atoms with Crippen molar-refractivity contribution in [3.8, 4) is 0 Å². The molecular formula is C10H20ClNO. The summed E-state index contributed by atoms with van der Waals surface area (Å²) in [5.41, 5.74) is 0. The Bertz CT molecular complexity index is 132. The van der Waals surface area contributed by atoms with Gasteiger partial charge in [0.05, 0.1) is 0 Å². The zero-order chi connectivity index (χ0) is 9.52. The van der Waals surface area contributed by atoms with Crippen LogP contribution in [0.25, 0.3) is 0 Å². The molecule has 0 bridgehead atoms. The highest BCUT2D eigenvalue weighted by Crippen LogP contribution is 2.19. The molecule has 1 heterocycles. The first-order chi connectivity index (χ1) is 6.36. The van der Waals surface area contributed by atoms with Gasteiger partial charge in [-0.05, 0) is 44.7 Å². The van der Waals surface area contributed by atoms with Gasteiger partial charge in [-0.2, -0.15) is 0 Å². The Morgan fingerprint density at radius 3 is 2.92 bits per heavy atom. The van der Waals surface area contributed by atoms with Crippen molar-refractivity contribution in [3.63, 3.8) is 0 Å². The van der Waals surface area contributed by atoms with Crippen LogP contribution in [0.5, 0.6) is 0 Å². The highest BCUT2D eigenvalue weighted by atomic mass is 35.5. The Morgan fingerprint density at radius 2 is 2.23 bits per heavy atom. The summed E-state index contributed by atoms with van der Waals surface area (Å²) in [7, 11) is 0. The van der Waals surface area contributed by atoms with Crippen LogP contribution in [-0.2, 0) is 0 Å². The van der Waals surface area contributed by atoms with Crippen molar-refractivity contribution in [2.24, 2.45) is 5.92 Å². The van der Waals surface area contributed by atoms with Crippen LogP contribution in [0.15, 0.2) is 0 Å². The van der Waals surface area contributed by atoms with Crippen LogP contribution in [-0.4, -0.2) is 42.1 Å². The van der Waals surface area contributed by atoms with Gasteiger partial charge in [0.15, 0.2) is 0 Å². The summed E-state index contributed by atoms with van der Waals surface area (Å²) in [6, 6.07) is 0. The lowest BCUT2D eigenvalue weighted by Crippen LogP contribution is -2.22. The minimum Gasteiger partial charge on any atom is -0.396 e. The first-order valence-corrected chi connectivity index (χ1v) is 5.79. The molecular weight excluding hydrogens is 186 g/mol. The van der Waals surface area contributed by atoms with Gasteiger partial charge in [-0.25, -0.2) is 0 Å². The van der Waals surface area contributed by atoms with E-state index < -0.39 is 0 Å². The van der Waals surface area contributed by atoms with Gasteiger partial charge < -0.3 is 10.0 Å². The Morgan fingerprint density at radius 1 is 1.38 bits per heavy atom. The molecule has 1 N–H and O–H groups in total. The number of alkyl halides is 1. The number of nitrogens with zero attached hydrogens (tertiary/aromatic N) is 1.